The lowest BCUT2D eigenvalue weighted by atomic mass is 10.0. The summed E-state index contributed by atoms with van der Waals surface area (Å²) in [5.41, 5.74) is 6.55. The van der Waals surface area contributed by atoms with Gasteiger partial charge in [-0.25, -0.2) is 4.39 Å². The number of benzene rings is 2. The molecule has 0 bridgehead atoms. The van der Waals surface area contributed by atoms with Crippen molar-refractivity contribution in [2.24, 2.45) is 5.73 Å². The molecular weight excluding hydrogens is 297 g/mol. The van der Waals surface area contributed by atoms with Crippen LogP contribution in [0.1, 0.15) is 21.5 Å². The molecule has 3 N–H and O–H groups in total. The number of amides is 2. The van der Waals surface area contributed by atoms with Crippen LogP contribution in [-0.2, 0) is 11.2 Å². The summed E-state index contributed by atoms with van der Waals surface area (Å²) in [5, 5.41) is 11.4. The first kappa shape index (κ1) is 16.2. The molecule has 2 aromatic rings. The molecule has 0 saturated carbocycles. The molecule has 6 heteroatoms. The number of hydrogen-bond acceptors (Lipinski definition) is 3. The van der Waals surface area contributed by atoms with Gasteiger partial charge in [-0.05, 0) is 35.9 Å². The van der Waals surface area contributed by atoms with Crippen LogP contribution in [0.5, 0.6) is 0 Å². The van der Waals surface area contributed by atoms with E-state index in [1.54, 1.807) is 24.3 Å². The van der Waals surface area contributed by atoms with Crippen molar-refractivity contribution in [2.75, 3.05) is 0 Å². The van der Waals surface area contributed by atoms with Gasteiger partial charge in [-0.1, -0.05) is 18.2 Å². The SMILES string of the molecule is N#Cc1cccc(C[C@@H](NC(=O)c2cccc(F)c2)C(N)=O)c1. The summed E-state index contributed by atoms with van der Waals surface area (Å²) in [7, 11) is 0. The number of rotatable bonds is 5. The van der Waals surface area contributed by atoms with Crippen molar-refractivity contribution >= 4 is 11.8 Å². The van der Waals surface area contributed by atoms with Crippen molar-refractivity contribution in [3.63, 3.8) is 0 Å². The zero-order valence-electron chi connectivity index (χ0n) is 12.1. The molecule has 0 heterocycles. The minimum Gasteiger partial charge on any atom is -0.368 e. The van der Waals surface area contributed by atoms with E-state index in [4.69, 9.17) is 11.0 Å². The van der Waals surface area contributed by atoms with E-state index in [1.165, 1.54) is 18.2 Å². The lowest BCUT2D eigenvalue weighted by Gasteiger charge is -2.16. The Morgan fingerprint density at radius 1 is 1.22 bits per heavy atom. The van der Waals surface area contributed by atoms with Crippen molar-refractivity contribution < 1.29 is 14.0 Å². The van der Waals surface area contributed by atoms with Crippen LogP contribution in [0.3, 0.4) is 0 Å². The molecule has 0 aliphatic carbocycles. The molecule has 0 aliphatic rings. The van der Waals surface area contributed by atoms with Crippen molar-refractivity contribution in [1.29, 1.82) is 5.26 Å². The average Bonchev–Trinajstić information content (AvgIpc) is 2.54. The van der Waals surface area contributed by atoms with E-state index in [0.29, 0.717) is 11.1 Å². The molecule has 2 rings (SSSR count). The van der Waals surface area contributed by atoms with Gasteiger partial charge in [0.25, 0.3) is 5.91 Å². The van der Waals surface area contributed by atoms with Gasteiger partial charge in [0.05, 0.1) is 11.6 Å². The first-order chi connectivity index (χ1) is 11.0. The van der Waals surface area contributed by atoms with Crippen LogP contribution in [0.25, 0.3) is 0 Å². The summed E-state index contributed by atoms with van der Waals surface area (Å²) < 4.78 is 13.2. The Bertz CT molecular complexity index is 783. The highest BCUT2D eigenvalue weighted by molar-refractivity contribution is 5.97. The quantitative estimate of drug-likeness (QED) is 0.876. The molecule has 23 heavy (non-hydrogen) atoms. The predicted molar refractivity (Wildman–Crippen MR) is 81.7 cm³/mol. The van der Waals surface area contributed by atoms with Gasteiger partial charge in [-0.2, -0.15) is 5.26 Å². The molecule has 116 valence electrons. The number of primary amides is 1. The van der Waals surface area contributed by atoms with E-state index in [0.717, 1.165) is 6.07 Å². The highest BCUT2D eigenvalue weighted by Gasteiger charge is 2.19. The van der Waals surface area contributed by atoms with E-state index in [-0.39, 0.29) is 12.0 Å². The van der Waals surface area contributed by atoms with Crippen molar-refractivity contribution in [2.45, 2.75) is 12.5 Å². The highest BCUT2D eigenvalue weighted by Crippen LogP contribution is 2.09. The van der Waals surface area contributed by atoms with Crippen LogP contribution in [0.15, 0.2) is 48.5 Å². The topological polar surface area (TPSA) is 96.0 Å². The summed E-state index contributed by atoms with van der Waals surface area (Å²) in [4.78, 5) is 23.6. The number of carbonyl (C=O) groups excluding carboxylic acids is 2. The standard InChI is InChI=1S/C17H14FN3O2/c18-14-6-2-5-13(9-14)17(23)21-15(16(20)22)8-11-3-1-4-12(7-11)10-19/h1-7,9,15H,8H2,(H2,20,22)(H,21,23)/t15-/m1/s1. The average molecular weight is 311 g/mol. The summed E-state index contributed by atoms with van der Waals surface area (Å²) in [6, 6.07) is 12.8. The Labute approximate surface area is 132 Å². The number of nitriles is 1. The van der Waals surface area contributed by atoms with Crippen LogP contribution >= 0.6 is 0 Å². The van der Waals surface area contributed by atoms with Crippen LogP contribution in [0.2, 0.25) is 0 Å². The number of nitrogens with two attached hydrogens (primary N) is 1. The third kappa shape index (κ3) is 4.38. The van der Waals surface area contributed by atoms with Crippen LogP contribution in [-0.4, -0.2) is 17.9 Å². The maximum Gasteiger partial charge on any atom is 0.252 e. The molecule has 0 aromatic heterocycles. The van der Waals surface area contributed by atoms with Gasteiger partial charge in [0.1, 0.15) is 11.9 Å². The number of nitrogens with one attached hydrogen (secondary N) is 1. The summed E-state index contributed by atoms with van der Waals surface area (Å²) in [6.45, 7) is 0. The Balaban J connectivity index is 2.14. The fraction of sp³-hybridized carbons (Fsp3) is 0.118. The first-order valence-corrected chi connectivity index (χ1v) is 6.84. The Kier molecular flexibility index (Phi) is 5.05. The second-order valence-corrected chi connectivity index (χ2v) is 4.96. The lowest BCUT2D eigenvalue weighted by Crippen LogP contribution is -2.45. The summed E-state index contributed by atoms with van der Waals surface area (Å²) in [5.74, 6) is -1.85. The molecule has 2 amide bonds. The zero-order valence-corrected chi connectivity index (χ0v) is 12.1. The first-order valence-electron chi connectivity index (χ1n) is 6.84. The van der Waals surface area contributed by atoms with Crippen LogP contribution in [0.4, 0.5) is 4.39 Å². The third-order valence-corrected chi connectivity index (χ3v) is 3.23. The van der Waals surface area contributed by atoms with E-state index < -0.39 is 23.7 Å². The van der Waals surface area contributed by atoms with E-state index in [2.05, 4.69) is 5.32 Å². The molecule has 0 saturated heterocycles. The van der Waals surface area contributed by atoms with Gasteiger partial charge in [-0.15, -0.1) is 0 Å². The highest BCUT2D eigenvalue weighted by atomic mass is 19.1. The normalized spacial score (nSPS) is 11.3. The lowest BCUT2D eigenvalue weighted by molar-refractivity contribution is -0.119. The second kappa shape index (κ2) is 7.18. The van der Waals surface area contributed by atoms with Gasteiger partial charge in [0, 0.05) is 12.0 Å². The van der Waals surface area contributed by atoms with Gasteiger partial charge >= 0.3 is 0 Å². The molecule has 0 unspecified atom stereocenters. The van der Waals surface area contributed by atoms with Crippen molar-refractivity contribution in [3.05, 3.63) is 71.0 Å². The number of halogens is 1. The van der Waals surface area contributed by atoms with Gasteiger partial charge in [0.15, 0.2) is 0 Å². The number of nitrogens with zero attached hydrogens (tertiary/aromatic N) is 1. The molecule has 0 fully saturated rings. The summed E-state index contributed by atoms with van der Waals surface area (Å²) >= 11 is 0. The van der Waals surface area contributed by atoms with E-state index in [1.807, 2.05) is 6.07 Å². The Hall–Kier alpha value is -3.20. The molecule has 0 aliphatic heterocycles. The fourth-order valence-electron chi connectivity index (χ4n) is 2.10. The third-order valence-electron chi connectivity index (χ3n) is 3.23. The molecule has 2 aromatic carbocycles. The monoisotopic (exact) mass is 311 g/mol. The minimum absolute atomic E-state index is 0.0991. The predicted octanol–water partition coefficient (Wildman–Crippen LogP) is 1.52. The van der Waals surface area contributed by atoms with Crippen LogP contribution < -0.4 is 11.1 Å². The van der Waals surface area contributed by atoms with E-state index in [9.17, 15) is 14.0 Å². The van der Waals surface area contributed by atoms with Gasteiger partial charge in [0.2, 0.25) is 5.91 Å². The molecule has 1 atom stereocenters. The zero-order chi connectivity index (χ0) is 16.8. The Morgan fingerprint density at radius 2 is 1.96 bits per heavy atom. The molecule has 0 radical (unpaired) electrons. The Morgan fingerprint density at radius 3 is 2.61 bits per heavy atom. The van der Waals surface area contributed by atoms with Crippen LogP contribution in [0, 0.1) is 17.1 Å². The molecular formula is C17H14FN3O2. The fourth-order valence-corrected chi connectivity index (χ4v) is 2.10. The second-order valence-electron chi connectivity index (χ2n) is 4.96. The maximum absolute atomic E-state index is 13.2. The smallest absolute Gasteiger partial charge is 0.252 e. The largest absolute Gasteiger partial charge is 0.368 e. The maximum atomic E-state index is 13.2. The number of hydrogen-bond donors (Lipinski definition) is 2. The van der Waals surface area contributed by atoms with Gasteiger partial charge in [-0.3, -0.25) is 9.59 Å². The van der Waals surface area contributed by atoms with E-state index >= 15 is 0 Å². The van der Waals surface area contributed by atoms with Gasteiger partial charge < -0.3 is 11.1 Å². The minimum atomic E-state index is -0.959. The van der Waals surface area contributed by atoms with Crippen molar-refractivity contribution in [1.82, 2.24) is 5.32 Å². The summed E-state index contributed by atoms with van der Waals surface area (Å²) in [6.07, 6.45) is 0.145. The molecule has 0 spiro atoms. The number of carbonyl (C=O) groups is 2. The molecule has 5 nitrogen and oxygen atoms in total. The van der Waals surface area contributed by atoms with Crippen molar-refractivity contribution in [3.8, 4) is 6.07 Å².